The molecule has 1 aromatic carbocycles. The van der Waals surface area contributed by atoms with Gasteiger partial charge in [-0.3, -0.25) is 9.59 Å². The van der Waals surface area contributed by atoms with Crippen LogP contribution in [0.1, 0.15) is 37.7 Å². The Labute approximate surface area is 138 Å². The van der Waals surface area contributed by atoms with Gasteiger partial charge in [-0.25, -0.2) is 0 Å². The fraction of sp³-hybridized carbons (Fsp3) is 0.556. The second-order valence-electron chi connectivity index (χ2n) is 6.10. The molecule has 0 saturated carbocycles. The number of rotatable bonds is 7. The molecule has 0 aromatic heterocycles. The SMILES string of the molecule is NCCCC(=O)NC1CCN(C(=O)CCc2ccccc2)CC1. The number of aryl methyl sites for hydroxylation is 1. The third-order valence-electron chi connectivity index (χ3n) is 4.29. The highest BCUT2D eigenvalue weighted by Gasteiger charge is 2.23. The van der Waals surface area contributed by atoms with Gasteiger partial charge in [-0.05, 0) is 37.8 Å². The summed E-state index contributed by atoms with van der Waals surface area (Å²) < 4.78 is 0. The summed E-state index contributed by atoms with van der Waals surface area (Å²) in [4.78, 5) is 25.9. The highest BCUT2D eigenvalue weighted by atomic mass is 16.2. The molecule has 0 radical (unpaired) electrons. The molecular formula is C18H27N3O2. The fourth-order valence-electron chi connectivity index (χ4n) is 2.89. The van der Waals surface area contributed by atoms with Crippen LogP contribution in [0.25, 0.3) is 0 Å². The zero-order chi connectivity index (χ0) is 16.5. The Kier molecular flexibility index (Phi) is 7.07. The minimum atomic E-state index is 0.0734. The van der Waals surface area contributed by atoms with Crippen molar-refractivity contribution in [1.29, 1.82) is 0 Å². The van der Waals surface area contributed by atoms with Crippen LogP contribution in [0, 0.1) is 0 Å². The highest BCUT2D eigenvalue weighted by Crippen LogP contribution is 2.13. The summed E-state index contributed by atoms with van der Waals surface area (Å²) >= 11 is 0. The van der Waals surface area contributed by atoms with E-state index in [2.05, 4.69) is 17.4 Å². The van der Waals surface area contributed by atoms with E-state index in [1.807, 2.05) is 23.1 Å². The van der Waals surface area contributed by atoms with E-state index < -0.39 is 0 Å². The summed E-state index contributed by atoms with van der Waals surface area (Å²) in [5, 5.41) is 3.04. The number of carbonyl (C=O) groups is 2. The second kappa shape index (κ2) is 9.30. The second-order valence-corrected chi connectivity index (χ2v) is 6.10. The summed E-state index contributed by atoms with van der Waals surface area (Å²) in [6.07, 6.45) is 4.24. The quantitative estimate of drug-likeness (QED) is 0.799. The average molecular weight is 317 g/mol. The third-order valence-corrected chi connectivity index (χ3v) is 4.29. The molecular weight excluding hydrogens is 290 g/mol. The molecule has 1 aromatic rings. The van der Waals surface area contributed by atoms with Gasteiger partial charge in [0.2, 0.25) is 11.8 Å². The van der Waals surface area contributed by atoms with Gasteiger partial charge in [0.1, 0.15) is 0 Å². The van der Waals surface area contributed by atoms with Crippen LogP contribution in [-0.4, -0.2) is 42.4 Å². The van der Waals surface area contributed by atoms with Crippen molar-refractivity contribution in [3.05, 3.63) is 35.9 Å². The maximum atomic E-state index is 12.3. The number of benzene rings is 1. The third kappa shape index (κ3) is 6.02. The number of likely N-dealkylation sites (tertiary alicyclic amines) is 1. The topological polar surface area (TPSA) is 75.4 Å². The molecule has 5 heteroatoms. The lowest BCUT2D eigenvalue weighted by Crippen LogP contribution is -2.46. The van der Waals surface area contributed by atoms with Crippen molar-refractivity contribution >= 4 is 11.8 Å². The summed E-state index contributed by atoms with van der Waals surface area (Å²) in [5.74, 6) is 0.283. The number of piperidine rings is 1. The number of carbonyl (C=O) groups excluding carboxylic acids is 2. The van der Waals surface area contributed by atoms with Gasteiger partial charge >= 0.3 is 0 Å². The molecule has 23 heavy (non-hydrogen) atoms. The van der Waals surface area contributed by atoms with Crippen LogP contribution in [0.5, 0.6) is 0 Å². The van der Waals surface area contributed by atoms with Crippen LogP contribution in [0.2, 0.25) is 0 Å². The Morgan fingerprint density at radius 3 is 2.48 bits per heavy atom. The molecule has 1 heterocycles. The van der Waals surface area contributed by atoms with E-state index >= 15 is 0 Å². The first-order valence-corrected chi connectivity index (χ1v) is 8.50. The van der Waals surface area contributed by atoms with Crippen LogP contribution in [-0.2, 0) is 16.0 Å². The minimum absolute atomic E-state index is 0.0734. The summed E-state index contributed by atoms with van der Waals surface area (Å²) in [6, 6.07) is 10.3. The molecule has 0 atom stereocenters. The molecule has 0 bridgehead atoms. The standard InChI is InChI=1S/C18H27N3O2/c19-12-4-7-17(22)20-16-10-13-21(14-11-16)18(23)9-8-15-5-2-1-3-6-15/h1-3,5-6,16H,4,7-14,19H2,(H,20,22). The number of nitrogens with one attached hydrogen (secondary N) is 1. The molecule has 2 amide bonds. The summed E-state index contributed by atoms with van der Waals surface area (Å²) in [6.45, 7) is 2.01. The van der Waals surface area contributed by atoms with Crippen molar-refractivity contribution in [3.8, 4) is 0 Å². The Hall–Kier alpha value is -1.88. The van der Waals surface area contributed by atoms with E-state index in [9.17, 15) is 9.59 Å². The monoisotopic (exact) mass is 317 g/mol. The van der Waals surface area contributed by atoms with Gasteiger partial charge in [-0.15, -0.1) is 0 Å². The maximum absolute atomic E-state index is 12.3. The van der Waals surface area contributed by atoms with E-state index in [4.69, 9.17) is 5.73 Å². The average Bonchev–Trinajstić information content (AvgIpc) is 2.59. The predicted octanol–water partition coefficient (Wildman–Crippen LogP) is 1.47. The summed E-state index contributed by atoms with van der Waals surface area (Å²) in [5.41, 5.74) is 6.60. The molecule has 1 saturated heterocycles. The van der Waals surface area contributed by atoms with E-state index in [1.54, 1.807) is 0 Å². The molecule has 126 valence electrons. The molecule has 1 aliphatic rings. The summed E-state index contributed by atoms with van der Waals surface area (Å²) in [7, 11) is 0. The predicted molar refractivity (Wildman–Crippen MR) is 90.8 cm³/mol. The van der Waals surface area contributed by atoms with Gasteiger partial charge in [0.05, 0.1) is 0 Å². The van der Waals surface area contributed by atoms with Gasteiger partial charge in [0.15, 0.2) is 0 Å². The number of nitrogens with two attached hydrogens (primary N) is 1. The molecule has 1 fully saturated rings. The van der Waals surface area contributed by atoms with Crippen molar-refractivity contribution in [2.45, 2.75) is 44.6 Å². The zero-order valence-corrected chi connectivity index (χ0v) is 13.7. The van der Waals surface area contributed by atoms with Crippen LogP contribution < -0.4 is 11.1 Å². The smallest absolute Gasteiger partial charge is 0.222 e. The van der Waals surface area contributed by atoms with Crippen molar-refractivity contribution in [2.75, 3.05) is 19.6 Å². The van der Waals surface area contributed by atoms with Crippen molar-refractivity contribution in [2.24, 2.45) is 5.73 Å². The Balaban J connectivity index is 1.67. The number of nitrogens with zero attached hydrogens (tertiary/aromatic N) is 1. The van der Waals surface area contributed by atoms with E-state index in [1.165, 1.54) is 5.56 Å². The lowest BCUT2D eigenvalue weighted by Gasteiger charge is -2.32. The first-order valence-electron chi connectivity index (χ1n) is 8.50. The van der Waals surface area contributed by atoms with Crippen LogP contribution in [0.3, 0.4) is 0 Å². The lowest BCUT2D eigenvalue weighted by atomic mass is 10.0. The largest absolute Gasteiger partial charge is 0.353 e. The Morgan fingerprint density at radius 2 is 1.83 bits per heavy atom. The van der Waals surface area contributed by atoms with Crippen molar-refractivity contribution < 1.29 is 9.59 Å². The number of hydrogen-bond donors (Lipinski definition) is 2. The van der Waals surface area contributed by atoms with Crippen LogP contribution >= 0.6 is 0 Å². The van der Waals surface area contributed by atoms with Gasteiger partial charge < -0.3 is 16.0 Å². The molecule has 1 aliphatic heterocycles. The molecule has 3 N–H and O–H groups in total. The van der Waals surface area contributed by atoms with Gasteiger partial charge in [0.25, 0.3) is 0 Å². The van der Waals surface area contributed by atoms with E-state index in [0.717, 1.165) is 38.8 Å². The van der Waals surface area contributed by atoms with Crippen molar-refractivity contribution in [3.63, 3.8) is 0 Å². The van der Waals surface area contributed by atoms with Gasteiger partial charge in [0, 0.05) is 32.0 Å². The minimum Gasteiger partial charge on any atom is -0.353 e. The Morgan fingerprint density at radius 1 is 1.13 bits per heavy atom. The van der Waals surface area contributed by atoms with Crippen molar-refractivity contribution in [1.82, 2.24) is 10.2 Å². The van der Waals surface area contributed by atoms with Gasteiger partial charge in [-0.1, -0.05) is 30.3 Å². The van der Waals surface area contributed by atoms with E-state index in [-0.39, 0.29) is 17.9 Å². The molecule has 0 aliphatic carbocycles. The first-order chi connectivity index (χ1) is 11.2. The molecule has 5 nitrogen and oxygen atoms in total. The van der Waals surface area contributed by atoms with Gasteiger partial charge in [-0.2, -0.15) is 0 Å². The molecule has 2 rings (SSSR count). The van der Waals surface area contributed by atoms with Crippen LogP contribution in [0.4, 0.5) is 0 Å². The highest BCUT2D eigenvalue weighted by molar-refractivity contribution is 5.77. The van der Waals surface area contributed by atoms with E-state index in [0.29, 0.717) is 19.4 Å². The first kappa shape index (κ1) is 17.5. The fourth-order valence-corrected chi connectivity index (χ4v) is 2.89. The molecule has 0 spiro atoms. The lowest BCUT2D eigenvalue weighted by molar-refractivity contribution is -0.132. The maximum Gasteiger partial charge on any atom is 0.222 e. The number of hydrogen-bond acceptors (Lipinski definition) is 3. The van der Waals surface area contributed by atoms with Crippen LogP contribution in [0.15, 0.2) is 30.3 Å². The molecule has 0 unspecified atom stereocenters. The number of amides is 2. The normalized spacial score (nSPS) is 15.4. The zero-order valence-electron chi connectivity index (χ0n) is 13.7. The Bertz CT molecular complexity index is 496.